The number of carbonyl (C=O) groups is 2. The van der Waals surface area contributed by atoms with Crippen LogP contribution in [0.4, 0.5) is 4.79 Å². The van der Waals surface area contributed by atoms with Crippen molar-refractivity contribution < 1.29 is 14.7 Å². The van der Waals surface area contributed by atoms with E-state index in [9.17, 15) is 9.59 Å². The first-order valence-electron chi connectivity index (χ1n) is 5.83. The second kappa shape index (κ2) is 6.84. The molecule has 2 amide bonds. The summed E-state index contributed by atoms with van der Waals surface area (Å²) >= 11 is 0. The van der Waals surface area contributed by atoms with Crippen LogP contribution in [0.1, 0.15) is 40.0 Å². The molecule has 0 heterocycles. The first kappa shape index (κ1) is 16.2. The third-order valence-corrected chi connectivity index (χ3v) is 2.78. The molecule has 0 aliphatic heterocycles. The van der Waals surface area contributed by atoms with E-state index in [-0.39, 0.29) is 24.9 Å². The van der Waals surface area contributed by atoms with Gasteiger partial charge in [-0.3, -0.25) is 4.79 Å². The molecular formula is C12H21N3O3. The Morgan fingerprint density at radius 3 is 2.50 bits per heavy atom. The molecule has 0 fully saturated rings. The number of hydrogen-bond donors (Lipinski definition) is 2. The summed E-state index contributed by atoms with van der Waals surface area (Å²) in [5, 5.41) is 20.0. The highest BCUT2D eigenvalue weighted by Gasteiger charge is 2.24. The lowest BCUT2D eigenvalue weighted by Gasteiger charge is -2.31. The molecule has 0 spiro atoms. The van der Waals surface area contributed by atoms with Gasteiger partial charge in [0, 0.05) is 25.0 Å². The largest absolute Gasteiger partial charge is 0.481 e. The zero-order valence-electron chi connectivity index (χ0n) is 11.4. The van der Waals surface area contributed by atoms with Gasteiger partial charge in [0.05, 0.1) is 12.5 Å². The lowest BCUT2D eigenvalue weighted by Crippen LogP contribution is -2.51. The molecule has 0 aliphatic rings. The number of carboxylic acid groups (broad SMARTS) is 1. The van der Waals surface area contributed by atoms with Crippen LogP contribution in [0, 0.1) is 11.3 Å². The van der Waals surface area contributed by atoms with Gasteiger partial charge < -0.3 is 15.3 Å². The molecule has 18 heavy (non-hydrogen) atoms. The Bertz CT molecular complexity index is 347. The lowest BCUT2D eigenvalue weighted by molar-refractivity contribution is -0.137. The Balaban J connectivity index is 4.37. The summed E-state index contributed by atoms with van der Waals surface area (Å²) in [5.41, 5.74) is -0.587. The van der Waals surface area contributed by atoms with Crippen LogP contribution in [0.3, 0.4) is 0 Å². The molecule has 6 heteroatoms. The van der Waals surface area contributed by atoms with E-state index in [4.69, 9.17) is 10.4 Å². The molecule has 0 radical (unpaired) electrons. The molecule has 0 bridgehead atoms. The van der Waals surface area contributed by atoms with E-state index < -0.39 is 11.5 Å². The number of rotatable bonds is 6. The van der Waals surface area contributed by atoms with Crippen molar-refractivity contribution in [2.75, 3.05) is 7.05 Å². The van der Waals surface area contributed by atoms with E-state index in [1.54, 1.807) is 27.8 Å². The third kappa shape index (κ3) is 6.09. The minimum Gasteiger partial charge on any atom is -0.481 e. The van der Waals surface area contributed by atoms with E-state index in [0.717, 1.165) is 0 Å². The lowest BCUT2D eigenvalue weighted by atomic mass is 9.98. The zero-order chi connectivity index (χ0) is 14.3. The van der Waals surface area contributed by atoms with Gasteiger partial charge in [0.25, 0.3) is 0 Å². The van der Waals surface area contributed by atoms with Gasteiger partial charge in [-0.2, -0.15) is 5.26 Å². The number of nitriles is 1. The number of aliphatic carboxylic acids is 1. The van der Waals surface area contributed by atoms with Crippen molar-refractivity contribution in [2.24, 2.45) is 0 Å². The monoisotopic (exact) mass is 255 g/mol. The van der Waals surface area contributed by atoms with Crippen molar-refractivity contribution in [3.63, 3.8) is 0 Å². The summed E-state index contributed by atoms with van der Waals surface area (Å²) in [4.78, 5) is 23.8. The van der Waals surface area contributed by atoms with Crippen molar-refractivity contribution in [3.8, 4) is 6.07 Å². The number of nitrogens with one attached hydrogen (secondary N) is 1. The molecule has 0 aromatic heterocycles. The summed E-state index contributed by atoms with van der Waals surface area (Å²) in [6.07, 6.45) is 0.624. The van der Waals surface area contributed by atoms with Gasteiger partial charge >= 0.3 is 12.0 Å². The fraction of sp³-hybridized carbons (Fsp3) is 0.750. The number of urea groups is 1. The topological polar surface area (TPSA) is 93.4 Å². The van der Waals surface area contributed by atoms with Gasteiger partial charge in [-0.1, -0.05) is 0 Å². The van der Waals surface area contributed by atoms with Crippen LogP contribution in [0.25, 0.3) is 0 Å². The number of amides is 2. The average Bonchev–Trinajstić information content (AvgIpc) is 2.25. The van der Waals surface area contributed by atoms with E-state index >= 15 is 0 Å². The Morgan fingerprint density at radius 1 is 1.50 bits per heavy atom. The van der Waals surface area contributed by atoms with Crippen LogP contribution in [0.5, 0.6) is 0 Å². The van der Waals surface area contributed by atoms with Crippen LogP contribution in [0.2, 0.25) is 0 Å². The Kier molecular flexibility index (Phi) is 6.17. The molecule has 6 nitrogen and oxygen atoms in total. The predicted molar refractivity (Wildman–Crippen MR) is 66.9 cm³/mol. The van der Waals surface area contributed by atoms with Crippen molar-refractivity contribution in [1.82, 2.24) is 10.2 Å². The smallest absolute Gasteiger partial charge is 0.317 e. The fourth-order valence-electron chi connectivity index (χ4n) is 1.33. The summed E-state index contributed by atoms with van der Waals surface area (Å²) in [6, 6.07) is 1.53. The van der Waals surface area contributed by atoms with Gasteiger partial charge in [-0.25, -0.2) is 4.79 Å². The normalized spacial score (nSPS) is 12.4. The second-order valence-corrected chi connectivity index (χ2v) is 5.03. The van der Waals surface area contributed by atoms with Crippen LogP contribution < -0.4 is 5.32 Å². The van der Waals surface area contributed by atoms with Gasteiger partial charge in [0.1, 0.15) is 0 Å². The zero-order valence-corrected chi connectivity index (χ0v) is 11.4. The Hall–Kier alpha value is -1.77. The van der Waals surface area contributed by atoms with E-state index in [1.165, 1.54) is 4.90 Å². The van der Waals surface area contributed by atoms with Gasteiger partial charge in [0.2, 0.25) is 0 Å². The predicted octanol–water partition coefficient (Wildman–Crippen LogP) is 1.57. The van der Waals surface area contributed by atoms with E-state index in [1.807, 2.05) is 6.07 Å². The van der Waals surface area contributed by atoms with Crippen LogP contribution in [-0.2, 0) is 4.79 Å². The van der Waals surface area contributed by atoms with E-state index in [2.05, 4.69) is 5.32 Å². The average molecular weight is 255 g/mol. The first-order valence-corrected chi connectivity index (χ1v) is 5.83. The van der Waals surface area contributed by atoms with Gasteiger partial charge in [-0.05, 0) is 27.2 Å². The second-order valence-electron chi connectivity index (χ2n) is 5.03. The SMILES string of the molecule is CC(CC#N)N(C)C(=O)NC(C)(C)CCC(=O)O. The number of carboxylic acids is 1. The van der Waals surface area contributed by atoms with Crippen LogP contribution in [0.15, 0.2) is 0 Å². The highest BCUT2D eigenvalue weighted by molar-refractivity contribution is 5.75. The molecule has 1 unspecified atom stereocenters. The number of carbonyl (C=O) groups excluding carboxylic acids is 1. The summed E-state index contributed by atoms with van der Waals surface area (Å²) in [5.74, 6) is -0.886. The van der Waals surface area contributed by atoms with Crippen LogP contribution >= 0.6 is 0 Å². The highest BCUT2D eigenvalue weighted by Crippen LogP contribution is 2.12. The van der Waals surface area contributed by atoms with Crippen molar-refractivity contribution in [3.05, 3.63) is 0 Å². The maximum absolute atomic E-state index is 11.9. The number of hydrogen-bond acceptors (Lipinski definition) is 3. The molecule has 0 saturated heterocycles. The molecule has 0 aromatic rings. The molecule has 0 aliphatic carbocycles. The fourth-order valence-corrected chi connectivity index (χ4v) is 1.33. The Morgan fingerprint density at radius 2 is 2.06 bits per heavy atom. The van der Waals surface area contributed by atoms with Gasteiger partial charge in [-0.15, -0.1) is 0 Å². The minimum atomic E-state index is -0.886. The minimum absolute atomic E-state index is 0.00471. The Labute approximate surface area is 108 Å². The molecule has 1 atom stereocenters. The maximum atomic E-state index is 11.9. The maximum Gasteiger partial charge on any atom is 0.317 e. The summed E-state index contributed by atoms with van der Waals surface area (Å²) < 4.78 is 0. The molecule has 0 rings (SSSR count). The third-order valence-electron chi connectivity index (χ3n) is 2.78. The number of nitrogens with zero attached hydrogens (tertiary/aromatic N) is 2. The summed E-state index contributed by atoms with van der Waals surface area (Å²) in [7, 11) is 1.62. The van der Waals surface area contributed by atoms with Crippen molar-refractivity contribution in [1.29, 1.82) is 5.26 Å². The standard InChI is InChI=1S/C12H21N3O3/c1-9(6-8-13)15(4)11(18)14-12(2,3)7-5-10(16)17/h9H,5-7H2,1-4H3,(H,14,18)(H,16,17). The van der Waals surface area contributed by atoms with Crippen LogP contribution in [-0.4, -0.2) is 40.6 Å². The molecular weight excluding hydrogens is 234 g/mol. The van der Waals surface area contributed by atoms with Gasteiger partial charge in [0.15, 0.2) is 0 Å². The highest BCUT2D eigenvalue weighted by atomic mass is 16.4. The summed E-state index contributed by atoms with van der Waals surface area (Å²) in [6.45, 7) is 5.33. The molecule has 102 valence electrons. The molecule has 2 N–H and O–H groups in total. The van der Waals surface area contributed by atoms with Crippen molar-refractivity contribution >= 4 is 12.0 Å². The van der Waals surface area contributed by atoms with E-state index in [0.29, 0.717) is 6.42 Å². The molecule has 0 saturated carbocycles. The molecule has 0 aromatic carbocycles. The van der Waals surface area contributed by atoms with Crippen molar-refractivity contribution in [2.45, 2.75) is 51.6 Å². The first-order chi connectivity index (χ1) is 8.19. The quantitative estimate of drug-likeness (QED) is 0.753.